The van der Waals surface area contributed by atoms with Crippen LogP contribution in [0.5, 0.6) is 40.4 Å². The minimum absolute atomic E-state index is 0. The number of aromatic amines is 1. The van der Waals surface area contributed by atoms with Gasteiger partial charge in [0.25, 0.3) is 11.8 Å². The van der Waals surface area contributed by atoms with Crippen LogP contribution in [0.1, 0.15) is 122 Å². The first-order valence-electron chi connectivity index (χ1n) is 28.1. The van der Waals surface area contributed by atoms with Crippen molar-refractivity contribution >= 4 is 96.7 Å². The zero-order valence-electron chi connectivity index (χ0n) is 50.8. The van der Waals surface area contributed by atoms with Gasteiger partial charge < -0.3 is 56.8 Å². The molecule has 0 atom stereocenters. The molecule has 0 fully saturated rings. The smallest absolute Gasteiger partial charge is 0.276 e. The van der Waals surface area contributed by atoms with Gasteiger partial charge in [-0.15, -0.1) is 10.2 Å². The molecule has 1 aromatic heterocycles. The molecule has 8 aromatic carbocycles. The van der Waals surface area contributed by atoms with Gasteiger partial charge in [0, 0.05) is 61.5 Å². The van der Waals surface area contributed by atoms with Gasteiger partial charge in [-0.2, -0.15) is 15.3 Å². The van der Waals surface area contributed by atoms with E-state index in [9.17, 15) is 54.9 Å². The highest BCUT2D eigenvalue weighted by Gasteiger charge is 2.32. The summed E-state index contributed by atoms with van der Waals surface area (Å²) >= 11 is 0. The second-order valence-corrected chi connectivity index (χ2v) is 22.5. The van der Waals surface area contributed by atoms with E-state index >= 15 is 0 Å². The standard InChI is InChI=1S/C48H44N6O8.C10H8O2.C9H9N3O.H4N2.H2O/c1-19(2)33-27-15-23(7)35(43(57)37(27)29(41(55)45(33)59)17-49-53-39-25-13-21(5)9-11-31(25)51-47(39)61)36-24(8)16-28-34(20(3)4)46(60)42(56)30(38(28)44(36)58)18-50-54-40-26-14-22(6)10-12-32(26)52-48(40)62;1-6-2-3-7-5-9(11)10(12)8(7)4-6;1-5-2-3-7-6(4-5)8(12-10)9(13)11-7;1-2;/h9-20,55-60H,1-8H3,(H,51,53,61)(H,52,54,62);2-4H,5H2,1H3;2-4,10-11,13H,1H3;1-2H2;1H2/b49-17+,50-18+;;;;. The first-order valence-corrected chi connectivity index (χ1v) is 28.1. The number of hydrogen-bond acceptors (Lipinski definition) is 19. The third-order valence-electron chi connectivity index (χ3n) is 15.6. The fourth-order valence-electron chi connectivity index (χ4n) is 11.5. The number of amides is 2. The number of phenolic OH excluding ortho intramolecular Hbond substituents is 6. The average molecular weight is 1220 g/mol. The Hall–Kier alpha value is -11.1. The number of hydrazine groups is 1. The summed E-state index contributed by atoms with van der Waals surface area (Å²) in [4.78, 5) is 50.7. The zero-order valence-corrected chi connectivity index (χ0v) is 50.8. The molecule has 3 heterocycles. The van der Waals surface area contributed by atoms with Crippen molar-refractivity contribution in [3.63, 3.8) is 0 Å². The minimum atomic E-state index is -0.586. The molecule has 2 amide bonds. The number of H-pyrrole nitrogens is 1. The van der Waals surface area contributed by atoms with E-state index in [1.807, 2.05) is 97.9 Å². The van der Waals surface area contributed by atoms with E-state index in [0.717, 1.165) is 51.1 Å². The number of rotatable bonds is 8. The predicted octanol–water partition coefficient (Wildman–Crippen LogP) is 11.1. The lowest BCUT2D eigenvalue weighted by Gasteiger charge is -2.23. The molecule has 0 unspecified atom stereocenters. The Balaban J connectivity index is 0.000000304. The van der Waals surface area contributed by atoms with E-state index in [0.29, 0.717) is 66.8 Å². The van der Waals surface area contributed by atoms with Crippen molar-refractivity contribution in [1.29, 1.82) is 5.53 Å². The first-order chi connectivity index (χ1) is 42.3. The van der Waals surface area contributed by atoms with Crippen LogP contribution >= 0.6 is 0 Å². The summed E-state index contributed by atoms with van der Waals surface area (Å²) in [5.41, 5.74) is 17.4. The minimum Gasteiger partial charge on any atom is -0.507 e. The van der Waals surface area contributed by atoms with E-state index < -0.39 is 34.8 Å². The highest BCUT2D eigenvalue weighted by Crippen LogP contribution is 2.54. The molecule has 2 aliphatic heterocycles. The fraction of sp³-hybridized carbons (Fsp3) is 0.194. The van der Waals surface area contributed by atoms with E-state index in [4.69, 9.17) is 5.53 Å². The van der Waals surface area contributed by atoms with Gasteiger partial charge in [-0.1, -0.05) is 92.4 Å². The Morgan fingerprint density at radius 2 is 0.933 bits per heavy atom. The van der Waals surface area contributed by atoms with E-state index in [1.54, 1.807) is 56.3 Å². The van der Waals surface area contributed by atoms with Crippen molar-refractivity contribution in [3.8, 4) is 51.5 Å². The van der Waals surface area contributed by atoms with Crippen LogP contribution in [-0.2, 0) is 20.8 Å². The number of carbonyl (C=O) groups excluding carboxylic acids is 4. The zero-order chi connectivity index (χ0) is 64.8. The van der Waals surface area contributed by atoms with Crippen LogP contribution < -0.4 is 22.3 Å². The van der Waals surface area contributed by atoms with E-state index in [-0.39, 0.29) is 97.1 Å². The molecule has 17 N–H and O–H groups in total. The lowest BCUT2D eigenvalue weighted by Crippen LogP contribution is -2.13. The number of Topliss-reactive ketones (excluding diaryl/α,β-unsaturated/α-hetero) is 2. The van der Waals surface area contributed by atoms with Crippen molar-refractivity contribution in [2.75, 3.05) is 10.6 Å². The third kappa shape index (κ3) is 11.6. The molecule has 0 spiro atoms. The number of phenols is 6. The highest BCUT2D eigenvalue weighted by molar-refractivity contribution is 6.54. The molecule has 1 aliphatic carbocycles. The van der Waals surface area contributed by atoms with Gasteiger partial charge in [-0.05, 0) is 123 Å². The van der Waals surface area contributed by atoms with Crippen LogP contribution in [0.4, 0.5) is 17.1 Å². The quantitative estimate of drug-likeness (QED) is 0.0168. The number of nitrogens with zero attached hydrogens (tertiary/aromatic N) is 5. The highest BCUT2D eigenvalue weighted by atomic mass is 16.3. The molecule has 23 nitrogen and oxygen atoms in total. The molecule has 0 saturated carbocycles. The van der Waals surface area contributed by atoms with Crippen molar-refractivity contribution < 1.29 is 60.4 Å². The predicted molar refractivity (Wildman–Crippen MR) is 348 cm³/mol. The van der Waals surface area contributed by atoms with Gasteiger partial charge in [-0.3, -0.25) is 30.9 Å². The Morgan fingerprint density at radius 3 is 1.37 bits per heavy atom. The number of aryl methyl sites for hydroxylation is 6. The summed E-state index contributed by atoms with van der Waals surface area (Å²) in [7, 11) is 0. The maximum Gasteiger partial charge on any atom is 0.276 e. The summed E-state index contributed by atoms with van der Waals surface area (Å²) in [6.07, 6.45) is 2.59. The topological polar surface area (TPSA) is 419 Å². The third-order valence-corrected chi connectivity index (χ3v) is 15.6. The Bertz CT molecular complexity index is 4440. The lowest BCUT2D eigenvalue weighted by atomic mass is 9.83. The molecule has 462 valence electrons. The maximum absolute atomic E-state index is 12.9. The number of anilines is 2. The summed E-state index contributed by atoms with van der Waals surface area (Å²) in [5.74, 6) is 2.97. The molecule has 9 aromatic rings. The molecular formula is C67H67N11O12. The number of ketones is 2. The summed E-state index contributed by atoms with van der Waals surface area (Å²) in [6.45, 7) is 18.4. The Morgan fingerprint density at radius 1 is 0.522 bits per heavy atom. The van der Waals surface area contributed by atoms with Crippen LogP contribution in [0.3, 0.4) is 0 Å². The number of nitrogens with one attached hydrogen (secondary N) is 4. The normalized spacial score (nSPS) is 14.0. The number of hydrogen-bond donors (Lipinski definition) is 13. The number of aromatic nitrogens is 1. The number of fused-ring (bicyclic) bond motifs is 6. The van der Waals surface area contributed by atoms with Crippen molar-refractivity contribution in [2.45, 2.75) is 87.5 Å². The second kappa shape index (κ2) is 25.7. The fourth-order valence-corrected chi connectivity index (χ4v) is 11.5. The van der Waals surface area contributed by atoms with Crippen molar-refractivity contribution in [1.82, 2.24) is 4.98 Å². The maximum atomic E-state index is 12.9. The molecule has 0 radical (unpaired) electrons. The number of benzene rings is 8. The molecular weight excluding hydrogens is 1150 g/mol. The monoisotopic (exact) mass is 1220 g/mol. The number of nitrogens with two attached hydrogens (primary N) is 2. The van der Waals surface area contributed by atoms with E-state index in [1.165, 1.54) is 0 Å². The van der Waals surface area contributed by atoms with Crippen molar-refractivity contribution in [3.05, 3.63) is 163 Å². The molecule has 0 bridgehead atoms. The Kier molecular flexibility index (Phi) is 18.5. The number of aromatic hydroxyl groups is 7. The number of carbonyl (C=O) groups is 4. The summed E-state index contributed by atoms with van der Waals surface area (Å²) < 4.78 is 0. The first kappa shape index (κ1) is 64.8. The Labute approximate surface area is 515 Å². The van der Waals surface area contributed by atoms with Crippen LogP contribution in [-0.4, -0.2) is 93.4 Å². The lowest BCUT2D eigenvalue weighted by molar-refractivity contribution is -0.114. The largest absolute Gasteiger partial charge is 0.507 e. The molecule has 90 heavy (non-hydrogen) atoms. The second-order valence-electron chi connectivity index (χ2n) is 22.5. The van der Waals surface area contributed by atoms with Gasteiger partial charge in [0.05, 0.1) is 40.4 Å². The van der Waals surface area contributed by atoms with Gasteiger partial charge in [-0.25, -0.2) is 5.53 Å². The van der Waals surface area contributed by atoms with E-state index in [2.05, 4.69) is 52.8 Å². The molecule has 0 saturated heterocycles. The van der Waals surface area contributed by atoms with Gasteiger partial charge in [0.15, 0.2) is 40.1 Å². The molecule has 23 heteroatoms. The molecule has 12 rings (SSSR count). The summed E-state index contributed by atoms with van der Waals surface area (Å²) in [5, 5.41) is 107. The molecule has 3 aliphatic rings. The van der Waals surface area contributed by atoms with Gasteiger partial charge in [0.1, 0.15) is 11.5 Å². The van der Waals surface area contributed by atoms with Gasteiger partial charge >= 0.3 is 0 Å². The van der Waals surface area contributed by atoms with Gasteiger partial charge in [0.2, 0.25) is 17.4 Å². The van der Waals surface area contributed by atoms with Crippen LogP contribution in [0.15, 0.2) is 110 Å². The van der Waals surface area contributed by atoms with Crippen molar-refractivity contribution in [2.24, 2.45) is 37.2 Å². The van der Waals surface area contributed by atoms with Crippen LogP contribution in [0.2, 0.25) is 0 Å². The van der Waals surface area contributed by atoms with Crippen LogP contribution in [0, 0.1) is 47.1 Å². The average Bonchev–Trinajstić information content (AvgIpc) is 1.10. The SMILES string of the molecule is Cc1ccc2[nH]c(O)c(N=N)c2c1.Cc1ccc2c(c1)/C(=N/N=C/c1c(O)c(O)c(C(C)C)c3cc(C)c(-c4c(C)cc5c(C(C)C)c(O)c(O)c(/C=N/N=C6/C(=O)Nc7ccc(C)cc76)c5c4O)c(O)c13)C(=O)N2.Cc1ccc2c(c1)C(=O)C(=O)C2.NN.O. The van der Waals surface area contributed by atoms with Crippen LogP contribution in [0.25, 0.3) is 43.6 Å². The summed E-state index contributed by atoms with van der Waals surface area (Å²) in [6, 6.07) is 25.5.